The van der Waals surface area contributed by atoms with Gasteiger partial charge in [0.1, 0.15) is 23.1 Å². The fourth-order valence-electron chi connectivity index (χ4n) is 4.28. The second-order valence-electron chi connectivity index (χ2n) is 9.36. The molecule has 1 aliphatic rings. The van der Waals surface area contributed by atoms with Crippen LogP contribution in [0.25, 0.3) is 0 Å². The van der Waals surface area contributed by atoms with E-state index >= 15 is 0 Å². The molecule has 1 fully saturated rings. The maximum atomic E-state index is 15.0. The van der Waals surface area contributed by atoms with Crippen LogP contribution in [0.1, 0.15) is 37.3 Å². The molecule has 3 aromatic rings. The minimum atomic E-state index is -3.06. The van der Waals surface area contributed by atoms with Gasteiger partial charge in [0.15, 0.2) is 0 Å². The Morgan fingerprint density at radius 2 is 1.92 bits per heavy atom. The van der Waals surface area contributed by atoms with Gasteiger partial charge >= 0.3 is 0 Å². The molecular formula is C27H28F3N5O4. The fraction of sp³-hybridized carbons (Fsp3) is 0.333. The van der Waals surface area contributed by atoms with E-state index in [0.29, 0.717) is 11.5 Å². The smallest absolute Gasteiger partial charge is 0.257 e. The largest absolute Gasteiger partial charge is 0.456 e. The fourth-order valence-corrected chi connectivity index (χ4v) is 4.28. The number of likely N-dealkylation sites (tertiary alicyclic amines) is 1. The highest BCUT2D eigenvalue weighted by Crippen LogP contribution is 2.40. The minimum Gasteiger partial charge on any atom is -0.456 e. The summed E-state index contributed by atoms with van der Waals surface area (Å²) in [6.07, 6.45) is 2.19. The van der Waals surface area contributed by atoms with Crippen LogP contribution in [0, 0.1) is 5.82 Å². The molecule has 206 valence electrons. The molecule has 1 saturated heterocycles. The van der Waals surface area contributed by atoms with Gasteiger partial charge in [-0.2, -0.15) is 0 Å². The summed E-state index contributed by atoms with van der Waals surface area (Å²) in [5, 5.41) is 5.18. The number of alkyl halides is 2. The first-order chi connectivity index (χ1) is 18.5. The third kappa shape index (κ3) is 7.02. The van der Waals surface area contributed by atoms with Gasteiger partial charge in [-0.1, -0.05) is 0 Å². The number of ether oxygens (including phenoxy) is 1. The molecule has 2 aromatic heterocycles. The third-order valence-electron chi connectivity index (χ3n) is 6.56. The van der Waals surface area contributed by atoms with Crippen LogP contribution in [0.2, 0.25) is 0 Å². The number of nitrogens with one attached hydrogen (secondary N) is 3. The lowest BCUT2D eigenvalue weighted by Gasteiger charge is -2.40. The van der Waals surface area contributed by atoms with Crippen LogP contribution in [0.4, 0.5) is 19.0 Å². The molecule has 4 rings (SSSR count). The Bertz CT molecular complexity index is 1380. The molecule has 9 nitrogen and oxygen atoms in total. The zero-order chi connectivity index (χ0) is 28.2. The van der Waals surface area contributed by atoms with Crippen molar-refractivity contribution in [1.82, 2.24) is 20.2 Å². The molecule has 0 bridgehead atoms. The van der Waals surface area contributed by atoms with E-state index < -0.39 is 35.8 Å². The van der Waals surface area contributed by atoms with Crippen molar-refractivity contribution in [3.05, 3.63) is 82.2 Å². The van der Waals surface area contributed by atoms with Crippen molar-refractivity contribution in [1.29, 1.82) is 0 Å². The predicted molar refractivity (Wildman–Crippen MR) is 137 cm³/mol. The Labute approximate surface area is 222 Å². The van der Waals surface area contributed by atoms with Gasteiger partial charge in [-0.25, -0.2) is 18.2 Å². The van der Waals surface area contributed by atoms with Crippen LogP contribution in [0.5, 0.6) is 11.5 Å². The summed E-state index contributed by atoms with van der Waals surface area (Å²) in [5.74, 6) is -4.43. The predicted octanol–water partition coefficient (Wildman–Crippen LogP) is 3.79. The van der Waals surface area contributed by atoms with Crippen molar-refractivity contribution in [2.45, 2.75) is 44.7 Å². The molecule has 12 heteroatoms. The number of nitrogens with zero attached hydrogens (tertiary/aromatic N) is 2. The Balaban J connectivity index is 1.41. The number of benzene rings is 1. The summed E-state index contributed by atoms with van der Waals surface area (Å²) in [5.41, 5.74) is -0.0900. The Morgan fingerprint density at radius 1 is 1.21 bits per heavy atom. The number of hydrogen-bond acceptors (Lipinski definition) is 6. The van der Waals surface area contributed by atoms with Gasteiger partial charge in [0.05, 0.1) is 18.2 Å². The van der Waals surface area contributed by atoms with E-state index in [9.17, 15) is 27.6 Å². The first-order valence-electron chi connectivity index (χ1n) is 12.3. The number of hydrogen-bond donors (Lipinski definition) is 3. The summed E-state index contributed by atoms with van der Waals surface area (Å²) < 4.78 is 48.6. The van der Waals surface area contributed by atoms with Crippen molar-refractivity contribution >= 4 is 17.6 Å². The lowest BCUT2D eigenvalue weighted by Crippen LogP contribution is -2.52. The number of carbonyl (C=O) groups excluding carboxylic acids is 2. The van der Waals surface area contributed by atoms with Gasteiger partial charge in [0.2, 0.25) is 11.8 Å². The molecule has 0 saturated carbocycles. The standard InChI is InChI=1S/C27H28F3N5O4/c1-16(25(37)34-24-8-7-22(14-32-24)39-21-5-3-20(28)4-6-21)35-10-9-27(29,30)23(15-35)18-11-19(13-31-17(2)36)26(38)33-12-18/h3-8,11-12,14,16,23H,9-10,13,15H2,1-2H3,(H,31,36)(H,33,38)(H,32,34,37)/t16?,23-/m1/s1. The van der Waals surface area contributed by atoms with Gasteiger partial charge in [-0.15, -0.1) is 0 Å². The first-order valence-corrected chi connectivity index (χ1v) is 12.3. The molecule has 2 amide bonds. The first kappa shape index (κ1) is 27.8. The molecular weight excluding hydrogens is 515 g/mol. The second kappa shape index (κ2) is 11.7. The van der Waals surface area contributed by atoms with Gasteiger partial charge in [-0.3, -0.25) is 19.3 Å². The third-order valence-corrected chi connectivity index (χ3v) is 6.56. The van der Waals surface area contributed by atoms with E-state index in [1.807, 2.05) is 0 Å². The van der Waals surface area contributed by atoms with E-state index in [1.54, 1.807) is 17.9 Å². The Kier molecular flexibility index (Phi) is 8.34. The number of rotatable bonds is 8. The topological polar surface area (TPSA) is 116 Å². The van der Waals surface area contributed by atoms with Crippen LogP contribution in [-0.4, -0.2) is 51.7 Å². The van der Waals surface area contributed by atoms with Gasteiger partial charge < -0.3 is 20.4 Å². The maximum Gasteiger partial charge on any atom is 0.257 e. The van der Waals surface area contributed by atoms with Crippen molar-refractivity contribution < 1.29 is 27.5 Å². The number of aromatic amines is 1. The molecule has 3 heterocycles. The van der Waals surface area contributed by atoms with Crippen molar-refractivity contribution in [3.63, 3.8) is 0 Å². The van der Waals surface area contributed by atoms with E-state index in [-0.39, 0.29) is 48.3 Å². The molecule has 0 radical (unpaired) electrons. The van der Waals surface area contributed by atoms with E-state index in [4.69, 9.17) is 4.74 Å². The summed E-state index contributed by atoms with van der Waals surface area (Å²) >= 11 is 0. The number of pyridine rings is 2. The lowest BCUT2D eigenvalue weighted by atomic mass is 9.86. The number of anilines is 1. The molecule has 1 aromatic carbocycles. The average molecular weight is 544 g/mol. The quantitative estimate of drug-likeness (QED) is 0.398. The molecule has 2 atom stereocenters. The number of piperidine rings is 1. The number of amides is 2. The molecule has 0 aliphatic carbocycles. The second-order valence-corrected chi connectivity index (χ2v) is 9.36. The molecule has 3 N–H and O–H groups in total. The monoisotopic (exact) mass is 543 g/mol. The highest BCUT2D eigenvalue weighted by atomic mass is 19.3. The van der Waals surface area contributed by atoms with Gasteiger partial charge in [-0.05, 0) is 55.0 Å². The molecule has 1 aliphatic heterocycles. The summed E-state index contributed by atoms with van der Waals surface area (Å²) in [6.45, 7) is 2.71. The number of carbonyl (C=O) groups is 2. The maximum absolute atomic E-state index is 15.0. The van der Waals surface area contributed by atoms with Gasteiger partial charge in [0, 0.05) is 44.7 Å². The van der Waals surface area contributed by atoms with Crippen molar-refractivity contribution in [2.24, 2.45) is 0 Å². The SMILES string of the molecule is CC(=O)NCc1cc([C@H]2CN(C(C)C(=O)Nc3ccc(Oc4ccc(F)cc4)cn3)CCC2(F)F)c[nH]c1=O. The lowest BCUT2D eigenvalue weighted by molar-refractivity contribution is -0.125. The van der Waals surface area contributed by atoms with Crippen LogP contribution < -0.4 is 20.9 Å². The highest BCUT2D eigenvalue weighted by molar-refractivity contribution is 5.93. The van der Waals surface area contributed by atoms with Crippen LogP contribution in [-0.2, 0) is 16.1 Å². The van der Waals surface area contributed by atoms with Crippen LogP contribution >= 0.6 is 0 Å². The number of halogens is 3. The summed E-state index contributed by atoms with van der Waals surface area (Å²) in [7, 11) is 0. The highest BCUT2D eigenvalue weighted by Gasteiger charge is 2.46. The average Bonchev–Trinajstić information content (AvgIpc) is 2.90. The molecule has 39 heavy (non-hydrogen) atoms. The van der Waals surface area contributed by atoms with E-state index in [1.165, 1.54) is 55.7 Å². The Morgan fingerprint density at radius 3 is 2.59 bits per heavy atom. The molecule has 1 unspecified atom stereocenters. The summed E-state index contributed by atoms with van der Waals surface area (Å²) in [4.78, 5) is 44.6. The summed E-state index contributed by atoms with van der Waals surface area (Å²) in [6, 6.07) is 9.22. The van der Waals surface area contributed by atoms with Crippen molar-refractivity contribution in [2.75, 3.05) is 18.4 Å². The zero-order valence-corrected chi connectivity index (χ0v) is 21.3. The van der Waals surface area contributed by atoms with E-state index in [2.05, 4.69) is 20.6 Å². The number of H-pyrrole nitrogens is 1. The van der Waals surface area contributed by atoms with Gasteiger partial charge in [0.25, 0.3) is 11.5 Å². The zero-order valence-electron chi connectivity index (χ0n) is 21.3. The van der Waals surface area contributed by atoms with E-state index in [0.717, 1.165) is 0 Å². The Hall–Kier alpha value is -4.19. The molecule has 0 spiro atoms. The van der Waals surface area contributed by atoms with Crippen LogP contribution in [0.15, 0.2) is 59.7 Å². The van der Waals surface area contributed by atoms with Crippen molar-refractivity contribution in [3.8, 4) is 11.5 Å². The normalized spacial score (nSPS) is 17.7. The number of aromatic nitrogens is 2. The minimum absolute atomic E-state index is 0.00192. The van der Waals surface area contributed by atoms with Crippen LogP contribution in [0.3, 0.4) is 0 Å².